The first-order chi connectivity index (χ1) is 10.6. The van der Waals surface area contributed by atoms with Crippen molar-refractivity contribution in [2.75, 3.05) is 0 Å². The van der Waals surface area contributed by atoms with Crippen LogP contribution in [0.4, 0.5) is 0 Å². The van der Waals surface area contributed by atoms with Crippen LogP contribution in [0.25, 0.3) is 0 Å². The molecule has 2 rings (SSSR count). The van der Waals surface area contributed by atoms with E-state index in [-0.39, 0.29) is 0 Å². The molecule has 0 aromatic heterocycles. The summed E-state index contributed by atoms with van der Waals surface area (Å²) in [6.07, 6.45) is 6.82. The van der Waals surface area contributed by atoms with E-state index in [1.54, 1.807) is 0 Å². The van der Waals surface area contributed by atoms with Gasteiger partial charge in [-0.25, -0.2) is 0 Å². The Bertz CT molecular complexity index is 514. The molecule has 2 N–H and O–H groups in total. The zero-order chi connectivity index (χ0) is 15.9. The first kappa shape index (κ1) is 16.9. The second-order valence-corrected chi connectivity index (χ2v) is 6.80. The Kier molecular flexibility index (Phi) is 6.37. The molecular weight excluding hydrogens is 290 g/mol. The van der Waals surface area contributed by atoms with E-state index in [1.165, 1.54) is 37.7 Å². The van der Waals surface area contributed by atoms with Gasteiger partial charge in [0.15, 0.2) is 5.11 Å². The number of hydrazone groups is 1. The van der Waals surface area contributed by atoms with Crippen LogP contribution in [-0.2, 0) is 0 Å². The van der Waals surface area contributed by atoms with E-state index in [0.717, 1.165) is 17.2 Å². The van der Waals surface area contributed by atoms with Crippen LogP contribution < -0.4 is 10.7 Å². The van der Waals surface area contributed by atoms with Gasteiger partial charge >= 0.3 is 0 Å². The molecule has 0 atom stereocenters. The molecule has 1 saturated carbocycles. The topological polar surface area (TPSA) is 36.4 Å². The molecule has 0 amide bonds. The third-order valence-electron chi connectivity index (χ3n) is 4.15. The number of thiocarbonyl (C=S) groups is 1. The van der Waals surface area contributed by atoms with E-state index < -0.39 is 0 Å². The Morgan fingerprint density at radius 1 is 1.14 bits per heavy atom. The largest absolute Gasteiger partial charge is 0.359 e. The van der Waals surface area contributed by atoms with Crippen molar-refractivity contribution in [3.63, 3.8) is 0 Å². The summed E-state index contributed by atoms with van der Waals surface area (Å²) in [5.41, 5.74) is 6.46. The lowest BCUT2D eigenvalue weighted by molar-refractivity contribution is 0.443. The lowest BCUT2D eigenvalue weighted by Gasteiger charge is -2.22. The summed E-state index contributed by atoms with van der Waals surface area (Å²) in [6, 6.07) is 9.17. The molecular formula is C18H27N3S. The predicted molar refractivity (Wildman–Crippen MR) is 98.5 cm³/mol. The number of hydrogen-bond acceptors (Lipinski definition) is 2. The zero-order valence-corrected chi connectivity index (χ0v) is 14.7. The fourth-order valence-corrected chi connectivity index (χ4v) is 3.21. The van der Waals surface area contributed by atoms with Crippen molar-refractivity contribution in [1.82, 2.24) is 10.7 Å². The highest BCUT2D eigenvalue weighted by Gasteiger charge is 2.15. The SMILES string of the molecule is CC(=NNC(=S)NC(C)C)c1ccc(C2CCCCC2)cc1. The van der Waals surface area contributed by atoms with E-state index in [2.05, 4.69) is 54.0 Å². The highest BCUT2D eigenvalue weighted by molar-refractivity contribution is 7.80. The molecule has 0 unspecified atom stereocenters. The molecule has 4 heteroatoms. The van der Waals surface area contributed by atoms with Gasteiger partial charge in [0, 0.05) is 6.04 Å². The standard InChI is InChI=1S/C18H27N3S/c1-13(2)19-18(22)21-20-14(3)15-9-11-17(12-10-15)16-7-5-4-6-8-16/h9-13,16H,4-8H2,1-3H3,(H2,19,21,22). The van der Waals surface area contributed by atoms with Crippen molar-refractivity contribution in [2.24, 2.45) is 5.10 Å². The van der Waals surface area contributed by atoms with Gasteiger partial charge in [-0.3, -0.25) is 5.43 Å². The normalized spacial score (nSPS) is 16.6. The van der Waals surface area contributed by atoms with Crippen LogP contribution in [0.1, 0.15) is 69.9 Å². The second-order valence-electron chi connectivity index (χ2n) is 6.39. The van der Waals surface area contributed by atoms with Crippen molar-refractivity contribution in [3.05, 3.63) is 35.4 Å². The highest BCUT2D eigenvalue weighted by Crippen LogP contribution is 2.32. The number of benzene rings is 1. The average Bonchev–Trinajstić information content (AvgIpc) is 2.53. The maximum Gasteiger partial charge on any atom is 0.187 e. The van der Waals surface area contributed by atoms with Crippen LogP contribution in [-0.4, -0.2) is 16.9 Å². The van der Waals surface area contributed by atoms with Gasteiger partial charge in [-0.15, -0.1) is 0 Å². The fourth-order valence-electron chi connectivity index (χ4n) is 2.93. The molecule has 1 aromatic rings. The summed E-state index contributed by atoms with van der Waals surface area (Å²) >= 11 is 5.18. The lowest BCUT2D eigenvalue weighted by atomic mass is 9.84. The summed E-state index contributed by atoms with van der Waals surface area (Å²) < 4.78 is 0. The Morgan fingerprint density at radius 2 is 1.77 bits per heavy atom. The van der Waals surface area contributed by atoms with Gasteiger partial charge in [0.05, 0.1) is 5.71 Å². The van der Waals surface area contributed by atoms with Crippen LogP contribution in [0.5, 0.6) is 0 Å². The maximum atomic E-state index is 5.18. The Morgan fingerprint density at radius 3 is 2.36 bits per heavy atom. The molecule has 1 aliphatic carbocycles. The first-order valence-electron chi connectivity index (χ1n) is 8.27. The van der Waals surface area contributed by atoms with Crippen LogP contribution in [0.2, 0.25) is 0 Å². The number of hydrogen-bond donors (Lipinski definition) is 2. The molecule has 0 aliphatic heterocycles. The van der Waals surface area contributed by atoms with E-state index in [1.807, 2.05) is 6.92 Å². The van der Waals surface area contributed by atoms with E-state index in [9.17, 15) is 0 Å². The molecule has 0 spiro atoms. The quantitative estimate of drug-likeness (QED) is 0.493. The van der Waals surface area contributed by atoms with Crippen molar-refractivity contribution >= 4 is 23.0 Å². The van der Waals surface area contributed by atoms with Crippen LogP contribution >= 0.6 is 12.2 Å². The van der Waals surface area contributed by atoms with E-state index >= 15 is 0 Å². The third-order valence-corrected chi connectivity index (χ3v) is 4.36. The Hall–Kier alpha value is -1.42. The highest BCUT2D eigenvalue weighted by atomic mass is 32.1. The molecule has 0 heterocycles. The van der Waals surface area contributed by atoms with Crippen LogP contribution in [0.3, 0.4) is 0 Å². The van der Waals surface area contributed by atoms with Crippen molar-refractivity contribution in [1.29, 1.82) is 0 Å². The summed E-state index contributed by atoms with van der Waals surface area (Å²) in [7, 11) is 0. The zero-order valence-electron chi connectivity index (χ0n) is 13.9. The minimum atomic E-state index is 0.310. The first-order valence-corrected chi connectivity index (χ1v) is 8.68. The summed E-state index contributed by atoms with van der Waals surface area (Å²) in [6.45, 7) is 6.10. The molecule has 3 nitrogen and oxygen atoms in total. The molecule has 120 valence electrons. The molecule has 0 saturated heterocycles. The van der Waals surface area contributed by atoms with Gasteiger partial charge in [-0.1, -0.05) is 43.5 Å². The van der Waals surface area contributed by atoms with Gasteiger partial charge in [-0.05, 0) is 62.9 Å². The van der Waals surface area contributed by atoms with Gasteiger partial charge in [-0.2, -0.15) is 5.10 Å². The number of nitrogens with zero attached hydrogens (tertiary/aromatic N) is 1. The summed E-state index contributed by atoms with van der Waals surface area (Å²) in [5.74, 6) is 0.751. The Balaban J connectivity index is 1.95. The van der Waals surface area contributed by atoms with Crippen molar-refractivity contribution in [2.45, 2.75) is 64.8 Å². The molecule has 1 aromatic carbocycles. The van der Waals surface area contributed by atoms with E-state index in [4.69, 9.17) is 12.2 Å². The van der Waals surface area contributed by atoms with Gasteiger partial charge in [0.25, 0.3) is 0 Å². The molecule has 0 radical (unpaired) electrons. The summed E-state index contributed by atoms with van der Waals surface area (Å²) in [4.78, 5) is 0. The second kappa shape index (κ2) is 8.28. The third kappa shape index (κ3) is 5.09. The van der Waals surface area contributed by atoms with Crippen molar-refractivity contribution < 1.29 is 0 Å². The van der Waals surface area contributed by atoms with Crippen molar-refractivity contribution in [3.8, 4) is 0 Å². The van der Waals surface area contributed by atoms with Gasteiger partial charge in [0.2, 0.25) is 0 Å². The minimum Gasteiger partial charge on any atom is -0.359 e. The summed E-state index contributed by atoms with van der Waals surface area (Å²) in [5, 5.41) is 8.03. The number of rotatable bonds is 4. The molecule has 0 bridgehead atoms. The monoisotopic (exact) mass is 317 g/mol. The average molecular weight is 318 g/mol. The smallest absolute Gasteiger partial charge is 0.187 e. The molecule has 1 fully saturated rings. The van der Waals surface area contributed by atoms with Crippen LogP contribution in [0, 0.1) is 0 Å². The van der Waals surface area contributed by atoms with E-state index in [0.29, 0.717) is 11.2 Å². The molecule has 22 heavy (non-hydrogen) atoms. The maximum absolute atomic E-state index is 5.18. The van der Waals surface area contributed by atoms with Gasteiger partial charge in [0.1, 0.15) is 0 Å². The Labute approximate surface area is 139 Å². The van der Waals surface area contributed by atoms with Crippen LogP contribution in [0.15, 0.2) is 29.4 Å². The number of nitrogens with one attached hydrogen (secondary N) is 2. The molecule has 1 aliphatic rings. The lowest BCUT2D eigenvalue weighted by Crippen LogP contribution is -2.37. The van der Waals surface area contributed by atoms with Gasteiger partial charge < -0.3 is 5.32 Å². The minimum absolute atomic E-state index is 0.310. The predicted octanol–water partition coefficient (Wildman–Crippen LogP) is 4.33. The fraction of sp³-hybridized carbons (Fsp3) is 0.556.